The van der Waals surface area contributed by atoms with E-state index in [4.69, 9.17) is 4.74 Å². The first-order chi connectivity index (χ1) is 11.1. The Hall–Kier alpha value is -0.830. The molecule has 1 aliphatic rings. The maximum Gasteiger partial charge on any atom is 0.410 e. The molecule has 1 amide bonds. The Morgan fingerprint density at radius 1 is 1.12 bits per heavy atom. The van der Waals surface area contributed by atoms with Crippen molar-refractivity contribution in [1.29, 1.82) is 0 Å². The lowest BCUT2D eigenvalue weighted by molar-refractivity contribution is -0.166. The molecule has 0 radical (unpaired) electrons. The van der Waals surface area contributed by atoms with Gasteiger partial charge in [-0.05, 0) is 60.3 Å². The summed E-state index contributed by atoms with van der Waals surface area (Å²) in [5, 5.41) is 0. The summed E-state index contributed by atoms with van der Waals surface area (Å²) in [6.07, 6.45) is -4.66. The van der Waals surface area contributed by atoms with Gasteiger partial charge in [0.2, 0.25) is 0 Å². The highest BCUT2D eigenvalue weighted by Gasteiger charge is 2.47. The van der Waals surface area contributed by atoms with E-state index in [-0.39, 0.29) is 25.9 Å². The van der Waals surface area contributed by atoms with Crippen molar-refractivity contribution in [3.8, 4) is 0 Å². The third kappa shape index (κ3) is 7.13. The van der Waals surface area contributed by atoms with E-state index >= 15 is 0 Å². The molecule has 9 heteroatoms. The summed E-state index contributed by atoms with van der Waals surface area (Å²) in [6, 6.07) is -1.85. The van der Waals surface area contributed by atoms with Gasteiger partial charge in [0, 0.05) is 13.1 Å². The smallest absolute Gasteiger partial charge is 0.410 e. The molecular weight excluding hydrogens is 357 g/mol. The molecule has 0 saturated carbocycles. The standard InChI is InChI=1S/C16H29F3N2O3S/c1-14(2,3)24-13(22)21-9-7-11(8-10-21)12(16(17,18)19)20-25(23)15(4,5)6/h11-12,20H,7-10H2,1-6H3/t12-,25?/m1/s1. The lowest BCUT2D eigenvalue weighted by atomic mass is 9.89. The predicted octanol–water partition coefficient (Wildman–Crippen LogP) is 3.62. The Balaban J connectivity index is 2.73. The molecule has 0 spiro atoms. The predicted molar refractivity (Wildman–Crippen MR) is 91.4 cm³/mol. The summed E-state index contributed by atoms with van der Waals surface area (Å²) in [5.74, 6) is -0.731. The molecule has 1 saturated heterocycles. The minimum atomic E-state index is -4.50. The van der Waals surface area contributed by atoms with E-state index in [2.05, 4.69) is 4.72 Å². The van der Waals surface area contributed by atoms with Crippen LogP contribution >= 0.6 is 0 Å². The number of piperidine rings is 1. The number of rotatable bonds is 3. The second-order valence-electron chi connectivity index (χ2n) is 8.32. The average molecular weight is 386 g/mol. The van der Waals surface area contributed by atoms with Gasteiger partial charge in [0.15, 0.2) is 0 Å². The van der Waals surface area contributed by atoms with Crippen LogP contribution in [0.4, 0.5) is 18.0 Å². The van der Waals surface area contributed by atoms with Crippen molar-refractivity contribution in [2.24, 2.45) is 5.92 Å². The summed E-state index contributed by atoms with van der Waals surface area (Å²) < 4.78 is 59.1. The van der Waals surface area contributed by atoms with Crippen LogP contribution in [0.15, 0.2) is 0 Å². The second kappa shape index (κ2) is 7.82. The molecule has 1 N–H and O–H groups in total. The molecule has 0 aliphatic carbocycles. The van der Waals surface area contributed by atoms with Gasteiger partial charge in [0.1, 0.15) is 11.6 Å². The molecule has 25 heavy (non-hydrogen) atoms. The van der Waals surface area contributed by atoms with Crippen LogP contribution in [-0.2, 0) is 15.7 Å². The van der Waals surface area contributed by atoms with Gasteiger partial charge >= 0.3 is 12.3 Å². The number of carbonyl (C=O) groups is 1. The Labute approximate surface area is 150 Å². The molecular formula is C16H29F3N2O3S. The lowest BCUT2D eigenvalue weighted by Crippen LogP contribution is -2.54. The monoisotopic (exact) mass is 386 g/mol. The summed E-state index contributed by atoms with van der Waals surface area (Å²) in [4.78, 5) is 13.4. The van der Waals surface area contributed by atoms with E-state index in [1.165, 1.54) is 4.90 Å². The van der Waals surface area contributed by atoms with Gasteiger partial charge < -0.3 is 9.64 Å². The molecule has 1 heterocycles. The topological polar surface area (TPSA) is 58.6 Å². The van der Waals surface area contributed by atoms with E-state index < -0.39 is 45.6 Å². The fraction of sp³-hybridized carbons (Fsp3) is 0.938. The average Bonchev–Trinajstić information content (AvgIpc) is 2.40. The second-order valence-corrected chi connectivity index (χ2v) is 10.3. The van der Waals surface area contributed by atoms with Gasteiger partial charge in [-0.15, -0.1) is 0 Å². The zero-order valence-electron chi connectivity index (χ0n) is 15.7. The van der Waals surface area contributed by atoms with Crippen LogP contribution in [0.1, 0.15) is 54.4 Å². The Bertz CT molecular complexity index is 490. The van der Waals surface area contributed by atoms with Crippen LogP contribution in [0, 0.1) is 5.92 Å². The number of nitrogens with zero attached hydrogens (tertiary/aromatic N) is 1. The van der Waals surface area contributed by atoms with Crippen LogP contribution in [0.5, 0.6) is 0 Å². The van der Waals surface area contributed by atoms with Gasteiger partial charge in [-0.3, -0.25) is 0 Å². The highest BCUT2D eigenvalue weighted by molar-refractivity contribution is 7.84. The van der Waals surface area contributed by atoms with Crippen molar-refractivity contribution in [3.63, 3.8) is 0 Å². The highest BCUT2D eigenvalue weighted by atomic mass is 32.2. The summed E-state index contributed by atoms with van der Waals surface area (Å²) in [6.45, 7) is 10.5. The summed E-state index contributed by atoms with van der Waals surface area (Å²) >= 11 is 0. The summed E-state index contributed by atoms with van der Waals surface area (Å²) in [7, 11) is -1.82. The molecule has 1 rings (SSSR count). The molecule has 1 unspecified atom stereocenters. The largest absolute Gasteiger partial charge is 0.444 e. The number of ether oxygens (including phenoxy) is 1. The molecule has 0 bridgehead atoms. The van der Waals surface area contributed by atoms with Crippen molar-refractivity contribution < 1.29 is 26.9 Å². The fourth-order valence-corrected chi connectivity index (χ4v) is 3.37. The third-order valence-electron chi connectivity index (χ3n) is 3.81. The lowest BCUT2D eigenvalue weighted by Gasteiger charge is -2.38. The van der Waals surface area contributed by atoms with Crippen molar-refractivity contribution in [2.75, 3.05) is 13.1 Å². The zero-order chi connectivity index (χ0) is 19.6. The maximum atomic E-state index is 13.4. The molecule has 0 aromatic rings. The quantitative estimate of drug-likeness (QED) is 0.806. The van der Waals surface area contributed by atoms with Crippen LogP contribution in [-0.4, -0.2) is 50.9 Å². The van der Waals surface area contributed by atoms with E-state index in [9.17, 15) is 22.2 Å². The molecule has 2 atom stereocenters. The Morgan fingerprint density at radius 2 is 1.60 bits per heavy atom. The Morgan fingerprint density at radius 3 is 1.96 bits per heavy atom. The van der Waals surface area contributed by atoms with Gasteiger partial charge in [-0.1, -0.05) is 0 Å². The first-order valence-corrected chi connectivity index (χ1v) is 9.49. The first-order valence-electron chi connectivity index (χ1n) is 8.34. The van der Waals surface area contributed by atoms with Gasteiger partial charge in [-0.25, -0.2) is 13.7 Å². The molecule has 148 valence electrons. The first kappa shape index (κ1) is 22.2. The minimum Gasteiger partial charge on any atom is -0.444 e. The van der Waals surface area contributed by atoms with Crippen molar-refractivity contribution in [2.45, 2.75) is 77.0 Å². The SMILES string of the molecule is CC(C)(C)OC(=O)N1CCC([C@@H](NS(=O)C(C)(C)C)C(F)(F)F)CC1. The van der Waals surface area contributed by atoms with Gasteiger partial charge in [-0.2, -0.15) is 13.2 Å². The van der Waals surface area contributed by atoms with Crippen molar-refractivity contribution >= 4 is 17.1 Å². The van der Waals surface area contributed by atoms with Crippen LogP contribution in [0.3, 0.4) is 0 Å². The molecule has 0 aromatic carbocycles. The maximum absolute atomic E-state index is 13.4. The Kier molecular flexibility index (Phi) is 6.94. The van der Waals surface area contributed by atoms with E-state index in [1.54, 1.807) is 41.5 Å². The van der Waals surface area contributed by atoms with E-state index in [0.717, 1.165) is 0 Å². The molecule has 5 nitrogen and oxygen atoms in total. The highest BCUT2D eigenvalue weighted by Crippen LogP contribution is 2.33. The van der Waals surface area contributed by atoms with Crippen molar-refractivity contribution in [3.05, 3.63) is 0 Å². The molecule has 0 aromatic heterocycles. The number of nitrogens with one attached hydrogen (secondary N) is 1. The van der Waals surface area contributed by atoms with Gasteiger partial charge in [0.25, 0.3) is 0 Å². The van der Waals surface area contributed by atoms with Crippen LogP contribution in [0.25, 0.3) is 0 Å². The molecule has 1 fully saturated rings. The van der Waals surface area contributed by atoms with E-state index in [0.29, 0.717) is 0 Å². The van der Waals surface area contributed by atoms with E-state index in [1.807, 2.05) is 0 Å². The van der Waals surface area contributed by atoms with Crippen LogP contribution < -0.4 is 4.72 Å². The normalized spacial score (nSPS) is 20.3. The zero-order valence-corrected chi connectivity index (χ0v) is 16.5. The third-order valence-corrected chi connectivity index (χ3v) is 5.39. The number of halogens is 3. The van der Waals surface area contributed by atoms with Crippen LogP contribution in [0.2, 0.25) is 0 Å². The number of hydrogen-bond acceptors (Lipinski definition) is 3. The fourth-order valence-electron chi connectivity index (χ4n) is 2.46. The molecule has 1 aliphatic heterocycles. The number of alkyl halides is 3. The number of carbonyl (C=O) groups excluding carboxylic acids is 1. The number of hydrogen-bond donors (Lipinski definition) is 1. The number of amides is 1. The van der Waals surface area contributed by atoms with Gasteiger partial charge in [0.05, 0.1) is 15.7 Å². The van der Waals surface area contributed by atoms with Crippen molar-refractivity contribution in [1.82, 2.24) is 9.62 Å². The minimum absolute atomic E-state index is 0.178. The summed E-state index contributed by atoms with van der Waals surface area (Å²) in [5.41, 5.74) is -0.645. The number of likely N-dealkylation sites (tertiary alicyclic amines) is 1.